The summed E-state index contributed by atoms with van der Waals surface area (Å²) in [5.41, 5.74) is 6.92. The molecule has 1 atom stereocenters. The van der Waals surface area contributed by atoms with Gasteiger partial charge in [0.15, 0.2) is 0 Å². The Kier molecular flexibility index (Phi) is 3.88. The molecule has 0 fully saturated rings. The molecule has 2 rings (SSSR count). The molecule has 0 radical (unpaired) electrons. The predicted molar refractivity (Wildman–Crippen MR) is 76.4 cm³/mol. The highest BCUT2D eigenvalue weighted by molar-refractivity contribution is 7.89. The maximum Gasteiger partial charge on any atom is 0.241 e. The summed E-state index contributed by atoms with van der Waals surface area (Å²) in [6, 6.07) is 4.40. The lowest BCUT2D eigenvalue weighted by atomic mass is 10.2. The van der Waals surface area contributed by atoms with E-state index in [9.17, 15) is 8.42 Å². The third-order valence-electron chi connectivity index (χ3n) is 2.54. The van der Waals surface area contributed by atoms with Crippen molar-refractivity contribution < 1.29 is 8.42 Å². The SMILES string of the molecule is Cc1cc(N)cc(S(=O)(=O)NC(C)c2nccs2)c1. The molecule has 0 aliphatic carbocycles. The fourth-order valence-electron chi connectivity index (χ4n) is 1.73. The van der Waals surface area contributed by atoms with E-state index in [0.717, 1.165) is 10.6 Å². The summed E-state index contributed by atoms with van der Waals surface area (Å²) in [6.45, 7) is 3.56. The van der Waals surface area contributed by atoms with Crippen molar-refractivity contribution in [2.24, 2.45) is 0 Å². The molecule has 5 nitrogen and oxygen atoms in total. The number of benzene rings is 1. The van der Waals surface area contributed by atoms with Crippen molar-refractivity contribution in [1.82, 2.24) is 9.71 Å². The van der Waals surface area contributed by atoms with Crippen LogP contribution in [-0.4, -0.2) is 13.4 Å². The number of hydrogen-bond donors (Lipinski definition) is 2. The smallest absolute Gasteiger partial charge is 0.241 e. The quantitative estimate of drug-likeness (QED) is 0.846. The summed E-state index contributed by atoms with van der Waals surface area (Å²) in [5, 5.41) is 2.54. The number of hydrogen-bond acceptors (Lipinski definition) is 5. The third-order valence-corrected chi connectivity index (χ3v) is 5.02. The molecule has 1 heterocycles. The molecule has 102 valence electrons. The molecular weight excluding hydrogens is 282 g/mol. The van der Waals surface area contributed by atoms with Crippen molar-refractivity contribution in [2.75, 3.05) is 5.73 Å². The van der Waals surface area contributed by atoms with Gasteiger partial charge in [0.1, 0.15) is 5.01 Å². The van der Waals surface area contributed by atoms with E-state index in [1.54, 1.807) is 32.2 Å². The van der Waals surface area contributed by atoms with E-state index in [0.29, 0.717) is 5.69 Å². The lowest BCUT2D eigenvalue weighted by Gasteiger charge is -2.12. The normalized spacial score (nSPS) is 13.4. The number of nitrogen functional groups attached to an aromatic ring is 1. The van der Waals surface area contributed by atoms with E-state index in [1.165, 1.54) is 17.4 Å². The second-order valence-electron chi connectivity index (χ2n) is 4.29. The number of thiazole rings is 1. The zero-order chi connectivity index (χ0) is 14.0. The molecule has 0 aliphatic heterocycles. The molecule has 19 heavy (non-hydrogen) atoms. The van der Waals surface area contributed by atoms with Crippen molar-refractivity contribution in [3.05, 3.63) is 40.3 Å². The largest absolute Gasteiger partial charge is 0.399 e. The van der Waals surface area contributed by atoms with E-state index in [-0.39, 0.29) is 10.9 Å². The Bertz CT molecular complexity index is 646. The van der Waals surface area contributed by atoms with Gasteiger partial charge in [0.05, 0.1) is 10.9 Å². The maximum absolute atomic E-state index is 12.3. The van der Waals surface area contributed by atoms with Crippen LogP contribution < -0.4 is 10.5 Å². The average Bonchev–Trinajstić information content (AvgIpc) is 2.80. The molecule has 0 spiro atoms. The van der Waals surface area contributed by atoms with Gasteiger partial charge >= 0.3 is 0 Å². The summed E-state index contributed by atoms with van der Waals surface area (Å²) in [6.07, 6.45) is 1.65. The van der Waals surface area contributed by atoms with Gasteiger partial charge in [0.25, 0.3) is 0 Å². The topological polar surface area (TPSA) is 85.1 Å². The molecule has 0 saturated heterocycles. The molecule has 1 aromatic heterocycles. The van der Waals surface area contributed by atoms with Crippen LogP contribution in [0.1, 0.15) is 23.5 Å². The zero-order valence-electron chi connectivity index (χ0n) is 10.6. The van der Waals surface area contributed by atoms with Crippen LogP contribution in [0.5, 0.6) is 0 Å². The highest BCUT2D eigenvalue weighted by Gasteiger charge is 2.20. The van der Waals surface area contributed by atoms with Crippen LogP contribution in [0.15, 0.2) is 34.7 Å². The Morgan fingerprint density at radius 2 is 2.11 bits per heavy atom. The fraction of sp³-hybridized carbons (Fsp3) is 0.250. The van der Waals surface area contributed by atoms with Crippen molar-refractivity contribution in [3.63, 3.8) is 0 Å². The molecule has 0 amide bonds. The van der Waals surface area contributed by atoms with Crippen LogP contribution in [0.4, 0.5) is 5.69 Å². The Labute approximate surface area is 116 Å². The summed E-state index contributed by atoms with van der Waals surface area (Å²) in [7, 11) is -3.59. The number of sulfonamides is 1. The first-order chi connectivity index (χ1) is 8.88. The summed E-state index contributed by atoms with van der Waals surface area (Å²) in [5.74, 6) is 0. The summed E-state index contributed by atoms with van der Waals surface area (Å²) in [4.78, 5) is 4.27. The molecule has 7 heteroatoms. The number of rotatable bonds is 4. The fourth-order valence-corrected chi connectivity index (χ4v) is 3.80. The van der Waals surface area contributed by atoms with Crippen molar-refractivity contribution >= 4 is 27.0 Å². The Hall–Kier alpha value is -1.44. The monoisotopic (exact) mass is 297 g/mol. The Morgan fingerprint density at radius 3 is 2.68 bits per heavy atom. The van der Waals surface area contributed by atoms with Gasteiger partial charge in [-0.15, -0.1) is 11.3 Å². The minimum Gasteiger partial charge on any atom is -0.399 e. The highest BCUT2D eigenvalue weighted by atomic mass is 32.2. The minimum absolute atomic E-state index is 0.174. The van der Waals surface area contributed by atoms with E-state index in [2.05, 4.69) is 9.71 Å². The lowest BCUT2D eigenvalue weighted by molar-refractivity contribution is 0.566. The van der Waals surface area contributed by atoms with Gasteiger partial charge in [0.2, 0.25) is 10.0 Å². The van der Waals surface area contributed by atoms with E-state index >= 15 is 0 Å². The van der Waals surface area contributed by atoms with Gasteiger partial charge in [-0.3, -0.25) is 0 Å². The molecule has 1 unspecified atom stereocenters. The summed E-state index contributed by atoms with van der Waals surface area (Å²) >= 11 is 1.41. The van der Waals surface area contributed by atoms with Crippen molar-refractivity contribution in [1.29, 1.82) is 0 Å². The zero-order valence-corrected chi connectivity index (χ0v) is 12.3. The molecule has 0 saturated carbocycles. The molecule has 3 N–H and O–H groups in total. The van der Waals surface area contributed by atoms with Crippen LogP contribution in [0.2, 0.25) is 0 Å². The highest BCUT2D eigenvalue weighted by Crippen LogP contribution is 2.20. The third kappa shape index (κ3) is 3.31. The standard InChI is InChI=1S/C12H15N3O2S2/c1-8-5-10(13)7-11(6-8)19(16,17)15-9(2)12-14-3-4-18-12/h3-7,9,15H,13H2,1-2H3. The second-order valence-corrected chi connectivity index (χ2v) is 6.93. The van der Waals surface area contributed by atoms with E-state index in [4.69, 9.17) is 5.73 Å². The van der Waals surface area contributed by atoms with Gasteiger partial charge in [0, 0.05) is 17.3 Å². The number of nitrogens with zero attached hydrogens (tertiary/aromatic N) is 1. The first-order valence-electron chi connectivity index (χ1n) is 5.67. The maximum atomic E-state index is 12.3. The van der Waals surface area contributed by atoms with Crippen LogP contribution >= 0.6 is 11.3 Å². The van der Waals surface area contributed by atoms with E-state index < -0.39 is 10.0 Å². The first kappa shape index (κ1) is 14.0. The van der Waals surface area contributed by atoms with Gasteiger partial charge in [-0.2, -0.15) is 0 Å². The summed E-state index contributed by atoms with van der Waals surface area (Å²) < 4.78 is 27.1. The molecule has 1 aromatic carbocycles. The number of nitrogens with one attached hydrogen (secondary N) is 1. The average molecular weight is 297 g/mol. The van der Waals surface area contributed by atoms with Gasteiger partial charge in [-0.25, -0.2) is 18.1 Å². The van der Waals surface area contributed by atoms with Gasteiger partial charge in [-0.1, -0.05) is 0 Å². The van der Waals surface area contributed by atoms with Crippen molar-refractivity contribution in [3.8, 4) is 0 Å². The van der Waals surface area contributed by atoms with Crippen LogP contribution in [0, 0.1) is 6.92 Å². The van der Waals surface area contributed by atoms with Crippen molar-refractivity contribution in [2.45, 2.75) is 24.8 Å². The Morgan fingerprint density at radius 1 is 1.37 bits per heavy atom. The molecule has 0 aliphatic rings. The predicted octanol–water partition coefficient (Wildman–Crippen LogP) is 2.07. The molecule has 0 bridgehead atoms. The number of nitrogens with two attached hydrogens (primary N) is 1. The number of aryl methyl sites for hydroxylation is 1. The van der Waals surface area contributed by atoms with Gasteiger partial charge in [-0.05, 0) is 37.6 Å². The second kappa shape index (κ2) is 5.28. The molecule has 2 aromatic rings. The molecular formula is C12H15N3O2S2. The minimum atomic E-state index is -3.59. The van der Waals surface area contributed by atoms with Crippen LogP contribution in [0.25, 0.3) is 0 Å². The Balaban J connectivity index is 2.27. The van der Waals surface area contributed by atoms with E-state index in [1.807, 2.05) is 5.38 Å². The van der Waals surface area contributed by atoms with Crippen LogP contribution in [-0.2, 0) is 10.0 Å². The lowest BCUT2D eigenvalue weighted by Crippen LogP contribution is -2.27. The van der Waals surface area contributed by atoms with Gasteiger partial charge < -0.3 is 5.73 Å². The first-order valence-corrected chi connectivity index (χ1v) is 8.03. The number of anilines is 1. The van der Waals surface area contributed by atoms with Crippen LogP contribution in [0.3, 0.4) is 0 Å². The number of aromatic nitrogens is 1.